The average molecular weight is 383 g/mol. The first-order chi connectivity index (χ1) is 7.95. The molecule has 0 aliphatic heterocycles. The molecule has 2 N–H and O–H groups in total. The van der Waals surface area contributed by atoms with E-state index >= 15 is 0 Å². The molecular formula is C10H9Br2NO3S. The van der Waals surface area contributed by atoms with Gasteiger partial charge in [-0.3, -0.25) is 4.79 Å². The van der Waals surface area contributed by atoms with Gasteiger partial charge in [-0.15, -0.1) is 0 Å². The predicted molar refractivity (Wildman–Crippen MR) is 75.8 cm³/mol. The van der Waals surface area contributed by atoms with E-state index in [0.717, 1.165) is 0 Å². The second-order valence-electron chi connectivity index (χ2n) is 3.10. The number of carboxylic acid groups (broad SMARTS) is 1. The highest BCUT2D eigenvalue weighted by atomic mass is 79.9. The van der Waals surface area contributed by atoms with E-state index < -0.39 is 5.97 Å². The summed E-state index contributed by atoms with van der Waals surface area (Å²) in [4.78, 5) is 22.5. The van der Waals surface area contributed by atoms with Crippen LogP contribution in [0.3, 0.4) is 0 Å². The fraction of sp³-hybridized carbons (Fsp3) is 0.200. The van der Waals surface area contributed by atoms with Crippen molar-refractivity contribution in [3.63, 3.8) is 0 Å². The topological polar surface area (TPSA) is 66.4 Å². The first-order valence-electron chi connectivity index (χ1n) is 4.46. The zero-order chi connectivity index (χ0) is 13.0. The number of halogens is 2. The SMILES string of the molecule is CSCC(=O)Nc1c(Br)cc(Br)cc1C(=O)O. The molecule has 7 heteroatoms. The first-order valence-corrected chi connectivity index (χ1v) is 7.44. The van der Waals surface area contributed by atoms with Gasteiger partial charge in [0.15, 0.2) is 0 Å². The third kappa shape index (κ3) is 4.01. The molecule has 0 saturated carbocycles. The Morgan fingerprint density at radius 3 is 2.59 bits per heavy atom. The van der Waals surface area contributed by atoms with Crippen molar-refractivity contribution in [1.29, 1.82) is 0 Å². The Morgan fingerprint density at radius 2 is 2.06 bits per heavy atom. The molecule has 0 unspecified atom stereocenters. The summed E-state index contributed by atoms with van der Waals surface area (Å²) in [6, 6.07) is 3.13. The highest BCUT2D eigenvalue weighted by Crippen LogP contribution is 2.30. The van der Waals surface area contributed by atoms with Crippen LogP contribution >= 0.6 is 43.6 Å². The normalized spacial score (nSPS) is 10.1. The van der Waals surface area contributed by atoms with Crippen LogP contribution < -0.4 is 5.32 Å². The summed E-state index contributed by atoms with van der Waals surface area (Å²) < 4.78 is 1.16. The Morgan fingerprint density at radius 1 is 1.41 bits per heavy atom. The number of hydrogen-bond acceptors (Lipinski definition) is 3. The maximum absolute atomic E-state index is 11.5. The number of rotatable bonds is 4. The fourth-order valence-corrected chi connectivity index (χ4v) is 2.83. The zero-order valence-electron chi connectivity index (χ0n) is 8.79. The maximum atomic E-state index is 11.5. The molecule has 0 atom stereocenters. The standard InChI is InChI=1S/C10H9Br2NO3S/c1-17-4-8(14)13-9-6(10(15)16)2-5(11)3-7(9)12/h2-3H,4H2,1H3,(H,13,14)(H,15,16). The number of thioether (sulfide) groups is 1. The third-order valence-electron chi connectivity index (χ3n) is 1.83. The van der Waals surface area contributed by atoms with Gasteiger partial charge >= 0.3 is 5.97 Å². The molecule has 0 heterocycles. The Labute approximate surface area is 119 Å². The number of carboxylic acids is 1. The summed E-state index contributed by atoms with van der Waals surface area (Å²) in [7, 11) is 0. The molecule has 0 bridgehead atoms. The van der Waals surface area contributed by atoms with Gasteiger partial charge in [-0.1, -0.05) is 15.9 Å². The van der Waals surface area contributed by atoms with Crippen LogP contribution in [0.25, 0.3) is 0 Å². The Bertz CT molecular complexity index is 465. The van der Waals surface area contributed by atoms with E-state index in [0.29, 0.717) is 8.95 Å². The maximum Gasteiger partial charge on any atom is 0.337 e. The van der Waals surface area contributed by atoms with Crippen LogP contribution in [0.2, 0.25) is 0 Å². The molecule has 0 fully saturated rings. The molecule has 4 nitrogen and oxygen atoms in total. The molecule has 0 spiro atoms. The van der Waals surface area contributed by atoms with Crippen molar-refractivity contribution in [2.45, 2.75) is 0 Å². The van der Waals surface area contributed by atoms with Crippen molar-refractivity contribution in [2.24, 2.45) is 0 Å². The van der Waals surface area contributed by atoms with E-state index in [-0.39, 0.29) is 22.9 Å². The van der Waals surface area contributed by atoms with Gasteiger partial charge in [-0.25, -0.2) is 4.79 Å². The summed E-state index contributed by atoms with van der Waals surface area (Å²) in [6.45, 7) is 0. The Balaban J connectivity index is 3.12. The molecule has 1 rings (SSSR count). The molecule has 1 aromatic rings. The van der Waals surface area contributed by atoms with Crippen LogP contribution in [0.4, 0.5) is 5.69 Å². The molecule has 0 saturated heterocycles. The molecule has 1 aromatic carbocycles. The Kier molecular flexibility index (Phi) is 5.48. The molecule has 0 aliphatic carbocycles. The number of benzene rings is 1. The minimum atomic E-state index is -1.09. The minimum Gasteiger partial charge on any atom is -0.478 e. The number of aromatic carboxylic acids is 1. The lowest BCUT2D eigenvalue weighted by Gasteiger charge is -2.10. The van der Waals surface area contributed by atoms with E-state index in [1.54, 1.807) is 12.3 Å². The van der Waals surface area contributed by atoms with Gasteiger partial charge < -0.3 is 10.4 Å². The van der Waals surface area contributed by atoms with E-state index in [2.05, 4.69) is 37.2 Å². The number of nitrogens with one attached hydrogen (secondary N) is 1. The molecule has 17 heavy (non-hydrogen) atoms. The lowest BCUT2D eigenvalue weighted by molar-refractivity contribution is -0.113. The molecule has 0 radical (unpaired) electrons. The van der Waals surface area contributed by atoms with E-state index in [1.165, 1.54) is 17.8 Å². The van der Waals surface area contributed by atoms with Gasteiger partial charge in [0, 0.05) is 8.95 Å². The Hall–Kier alpha value is -0.530. The van der Waals surface area contributed by atoms with E-state index in [4.69, 9.17) is 5.11 Å². The summed E-state index contributed by atoms with van der Waals surface area (Å²) >= 11 is 7.80. The highest BCUT2D eigenvalue weighted by molar-refractivity contribution is 9.11. The minimum absolute atomic E-state index is 0.0423. The van der Waals surface area contributed by atoms with Crippen LogP contribution in [0.1, 0.15) is 10.4 Å². The van der Waals surface area contributed by atoms with Crippen molar-refractivity contribution < 1.29 is 14.7 Å². The van der Waals surface area contributed by atoms with Gasteiger partial charge in [-0.2, -0.15) is 11.8 Å². The highest BCUT2D eigenvalue weighted by Gasteiger charge is 2.16. The van der Waals surface area contributed by atoms with Crippen molar-refractivity contribution >= 4 is 61.2 Å². The largest absolute Gasteiger partial charge is 0.478 e. The van der Waals surface area contributed by atoms with Gasteiger partial charge in [0.2, 0.25) is 5.91 Å². The van der Waals surface area contributed by atoms with Crippen molar-refractivity contribution in [3.8, 4) is 0 Å². The van der Waals surface area contributed by atoms with Gasteiger partial charge in [0.05, 0.1) is 17.0 Å². The van der Waals surface area contributed by atoms with Crippen LogP contribution in [0.5, 0.6) is 0 Å². The van der Waals surface area contributed by atoms with Crippen molar-refractivity contribution in [1.82, 2.24) is 0 Å². The van der Waals surface area contributed by atoms with Crippen LogP contribution in [0.15, 0.2) is 21.1 Å². The molecule has 92 valence electrons. The second-order valence-corrected chi connectivity index (χ2v) is 5.73. The lowest BCUT2D eigenvalue weighted by atomic mass is 10.2. The van der Waals surface area contributed by atoms with Gasteiger partial charge in [0.25, 0.3) is 0 Å². The quantitative estimate of drug-likeness (QED) is 0.838. The number of carbonyl (C=O) groups excluding carboxylic acids is 1. The summed E-state index contributed by atoms with van der Waals surface area (Å²) in [5, 5.41) is 11.6. The monoisotopic (exact) mass is 381 g/mol. The smallest absolute Gasteiger partial charge is 0.337 e. The van der Waals surface area contributed by atoms with Crippen LogP contribution in [0, 0.1) is 0 Å². The number of hydrogen-bond donors (Lipinski definition) is 2. The molecule has 0 aliphatic rings. The van der Waals surface area contributed by atoms with Crippen LogP contribution in [-0.4, -0.2) is 29.0 Å². The van der Waals surface area contributed by atoms with Crippen molar-refractivity contribution in [2.75, 3.05) is 17.3 Å². The molecule has 0 aromatic heterocycles. The second kappa shape index (κ2) is 6.42. The molecule has 1 amide bonds. The fourth-order valence-electron chi connectivity index (χ4n) is 1.18. The van der Waals surface area contributed by atoms with Gasteiger partial charge in [-0.05, 0) is 34.3 Å². The average Bonchev–Trinajstić information content (AvgIpc) is 2.21. The summed E-state index contributed by atoms with van der Waals surface area (Å²) in [5.74, 6) is -1.05. The van der Waals surface area contributed by atoms with Crippen molar-refractivity contribution in [3.05, 3.63) is 26.6 Å². The number of anilines is 1. The summed E-state index contributed by atoms with van der Waals surface area (Å²) in [6.07, 6.45) is 1.80. The van der Waals surface area contributed by atoms with Crippen LogP contribution in [-0.2, 0) is 4.79 Å². The predicted octanol–water partition coefficient (Wildman–Crippen LogP) is 3.21. The zero-order valence-corrected chi connectivity index (χ0v) is 12.8. The summed E-state index contributed by atoms with van der Waals surface area (Å²) in [5.41, 5.74) is 0.320. The number of carbonyl (C=O) groups is 2. The number of amides is 1. The van der Waals surface area contributed by atoms with Gasteiger partial charge in [0.1, 0.15) is 0 Å². The first kappa shape index (κ1) is 14.5. The lowest BCUT2D eigenvalue weighted by Crippen LogP contribution is -2.17. The third-order valence-corrected chi connectivity index (χ3v) is 3.46. The van der Waals surface area contributed by atoms with E-state index in [1.807, 2.05) is 0 Å². The molecular weight excluding hydrogens is 374 g/mol. The van der Waals surface area contributed by atoms with E-state index in [9.17, 15) is 9.59 Å².